The van der Waals surface area contributed by atoms with Gasteiger partial charge in [0.1, 0.15) is 0 Å². The molecule has 0 saturated carbocycles. The Balaban J connectivity index is 1.60. The van der Waals surface area contributed by atoms with Crippen molar-refractivity contribution < 1.29 is 13.2 Å². The lowest BCUT2D eigenvalue weighted by atomic mass is 10.2. The minimum Gasteiger partial charge on any atom is -0.339 e. The van der Waals surface area contributed by atoms with E-state index in [1.54, 1.807) is 6.07 Å². The van der Waals surface area contributed by atoms with Crippen LogP contribution in [0, 0.1) is 0 Å². The van der Waals surface area contributed by atoms with Gasteiger partial charge in [-0.3, -0.25) is 0 Å². The second-order valence-electron chi connectivity index (χ2n) is 5.88. The number of anilines is 4. The molecule has 0 bridgehead atoms. The molecule has 0 radical (unpaired) electrons. The zero-order valence-corrected chi connectivity index (χ0v) is 13.5. The maximum Gasteiger partial charge on any atom is 0.416 e. The van der Waals surface area contributed by atoms with Crippen molar-refractivity contribution in [3.05, 3.63) is 65.9 Å². The quantitative estimate of drug-likeness (QED) is 0.756. The second-order valence-corrected chi connectivity index (χ2v) is 5.88. The molecule has 2 heterocycles. The van der Waals surface area contributed by atoms with Gasteiger partial charge in [-0.1, -0.05) is 24.3 Å². The van der Waals surface area contributed by atoms with Crippen molar-refractivity contribution in [2.45, 2.75) is 12.6 Å². The summed E-state index contributed by atoms with van der Waals surface area (Å²) in [5, 5.41) is 10.9. The molecular weight excluding hydrogens is 343 g/mol. The summed E-state index contributed by atoms with van der Waals surface area (Å²) in [4.78, 5) is 6.34. The normalized spacial score (nSPS) is 13.6. The molecule has 1 aliphatic rings. The van der Waals surface area contributed by atoms with E-state index in [0.717, 1.165) is 30.8 Å². The van der Waals surface area contributed by atoms with Crippen LogP contribution < -0.4 is 10.2 Å². The third kappa shape index (κ3) is 3.17. The highest BCUT2D eigenvalue weighted by molar-refractivity contribution is 5.66. The molecule has 0 saturated heterocycles. The average Bonchev–Trinajstić information content (AvgIpc) is 3.06. The fourth-order valence-corrected chi connectivity index (χ4v) is 2.94. The van der Waals surface area contributed by atoms with Gasteiger partial charge in [0.05, 0.1) is 11.8 Å². The van der Waals surface area contributed by atoms with Crippen LogP contribution in [-0.4, -0.2) is 21.7 Å². The van der Waals surface area contributed by atoms with Crippen molar-refractivity contribution in [2.75, 3.05) is 16.8 Å². The lowest BCUT2D eigenvalue weighted by molar-refractivity contribution is -0.137. The molecule has 132 valence electrons. The van der Waals surface area contributed by atoms with Gasteiger partial charge in [-0.25, -0.2) is 0 Å². The molecule has 26 heavy (non-hydrogen) atoms. The fraction of sp³-hybridized carbons (Fsp3) is 0.167. The summed E-state index contributed by atoms with van der Waals surface area (Å²) in [6.07, 6.45) is -2.14. The molecule has 1 aromatic heterocycles. The number of nitrogens with zero attached hydrogens (tertiary/aromatic N) is 4. The summed E-state index contributed by atoms with van der Waals surface area (Å²) in [7, 11) is 0. The first kappa shape index (κ1) is 16.3. The van der Waals surface area contributed by atoms with Crippen LogP contribution in [-0.2, 0) is 12.6 Å². The SMILES string of the molecule is FC(F)(F)c1cccc(Nc2cnnc(N3CCc4ccccc43)n2)c1. The maximum atomic E-state index is 12.8. The molecule has 3 aromatic rings. The predicted octanol–water partition coefficient (Wildman–Crippen LogP) is 4.33. The molecule has 5 nitrogen and oxygen atoms in total. The minimum absolute atomic E-state index is 0.285. The molecule has 4 rings (SSSR count). The number of hydrogen-bond donors (Lipinski definition) is 1. The highest BCUT2D eigenvalue weighted by atomic mass is 19.4. The number of rotatable bonds is 3. The minimum atomic E-state index is -4.40. The van der Waals surface area contributed by atoms with Gasteiger partial charge >= 0.3 is 6.18 Å². The molecular formula is C18H14F3N5. The Labute approximate surface area is 147 Å². The van der Waals surface area contributed by atoms with E-state index in [2.05, 4.69) is 20.5 Å². The molecule has 0 unspecified atom stereocenters. The van der Waals surface area contributed by atoms with Gasteiger partial charge < -0.3 is 10.2 Å². The third-order valence-corrected chi connectivity index (χ3v) is 4.14. The second kappa shape index (κ2) is 6.29. The summed E-state index contributed by atoms with van der Waals surface area (Å²) in [6, 6.07) is 12.9. The highest BCUT2D eigenvalue weighted by Crippen LogP contribution is 2.33. The number of aromatic nitrogens is 3. The zero-order chi connectivity index (χ0) is 18.1. The Morgan fingerprint density at radius 2 is 1.88 bits per heavy atom. The Hall–Kier alpha value is -3.16. The summed E-state index contributed by atoms with van der Waals surface area (Å²) in [5.74, 6) is 0.741. The van der Waals surface area contributed by atoms with E-state index < -0.39 is 11.7 Å². The number of alkyl halides is 3. The van der Waals surface area contributed by atoms with Gasteiger partial charge in [0.25, 0.3) is 5.95 Å². The van der Waals surface area contributed by atoms with Gasteiger partial charge in [0.15, 0.2) is 5.82 Å². The summed E-state index contributed by atoms with van der Waals surface area (Å²) in [6.45, 7) is 0.730. The molecule has 0 atom stereocenters. The number of para-hydroxylation sites is 1. The van der Waals surface area contributed by atoms with Gasteiger partial charge in [-0.15, -0.1) is 5.10 Å². The lowest BCUT2D eigenvalue weighted by Gasteiger charge is -2.17. The summed E-state index contributed by atoms with van der Waals surface area (Å²) in [5.41, 5.74) is 1.78. The lowest BCUT2D eigenvalue weighted by Crippen LogP contribution is -2.17. The van der Waals surface area contributed by atoms with Crippen LogP contribution in [0.25, 0.3) is 0 Å². The number of nitrogens with one attached hydrogen (secondary N) is 1. The number of fused-ring (bicyclic) bond motifs is 1. The van der Waals surface area contributed by atoms with E-state index in [1.165, 1.54) is 17.8 Å². The van der Waals surface area contributed by atoms with Crippen LogP contribution in [0.4, 0.5) is 36.3 Å². The Morgan fingerprint density at radius 1 is 1.04 bits per heavy atom. The van der Waals surface area contributed by atoms with E-state index in [4.69, 9.17) is 0 Å². The van der Waals surface area contributed by atoms with Crippen LogP contribution in [0.2, 0.25) is 0 Å². The van der Waals surface area contributed by atoms with Gasteiger partial charge in [0, 0.05) is 17.9 Å². The van der Waals surface area contributed by atoms with Crippen LogP contribution >= 0.6 is 0 Å². The summed E-state index contributed by atoms with van der Waals surface area (Å²) >= 11 is 0. The van der Waals surface area contributed by atoms with Crippen LogP contribution in [0.3, 0.4) is 0 Å². The molecule has 0 aliphatic carbocycles. The third-order valence-electron chi connectivity index (χ3n) is 4.14. The summed E-state index contributed by atoms with van der Waals surface area (Å²) < 4.78 is 38.5. The van der Waals surface area contributed by atoms with Crippen molar-refractivity contribution in [2.24, 2.45) is 0 Å². The first-order valence-corrected chi connectivity index (χ1v) is 8.00. The monoisotopic (exact) mass is 357 g/mol. The van der Waals surface area contributed by atoms with Crippen molar-refractivity contribution in [1.29, 1.82) is 0 Å². The highest BCUT2D eigenvalue weighted by Gasteiger charge is 2.30. The Bertz CT molecular complexity index is 942. The van der Waals surface area contributed by atoms with Gasteiger partial charge in [0.2, 0.25) is 0 Å². The van der Waals surface area contributed by atoms with Crippen molar-refractivity contribution in [3.8, 4) is 0 Å². The van der Waals surface area contributed by atoms with Crippen LogP contribution in [0.15, 0.2) is 54.7 Å². The van der Waals surface area contributed by atoms with Crippen LogP contribution in [0.1, 0.15) is 11.1 Å². The fourth-order valence-electron chi connectivity index (χ4n) is 2.94. The first-order valence-electron chi connectivity index (χ1n) is 8.00. The Morgan fingerprint density at radius 3 is 2.73 bits per heavy atom. The smallest absolute Gasteiger partial charge is 0.339 e. The molecule has 8 heteroatoms. The molecule has 1 aliphatic heterocycles. The number of benzene rings is 2. The van der Waals surface area contributed by atoms with Crippen molar-refractivity contribution in [1.82, 2.24) is 15.2 Å². The average molecular weight is 357 g/mol. The molecule has 0 fully saturated rings. The number of halogens is 3. The predicted molar refractivity (Wildman–Crippen MR) is 91.7 cm³/mol. The van der Waals surface area contributed by atoms with E-state index in [9.17, 15) is 13.2 Å². The first-order chi connectivity index (χ1) is 12.5. The van der Waals surface area contributed by atoms with Crippen LogP contribution in [0.5, 0.6) is 0 Å². The van der Waals surface area contributed by atoms with E-state index in [0.29, 0.717) is 11.8 Å². The topological polar surface area (TPSA) is 53.9 Å². The standard InChI is InChI=1S/C18H14F3N5/c19-18(20,21)13-5-3-6-14(10-13)23-16-11-22-25-17(24-16)26-9-8-12-4-1-2-7-15(12)26/h1-7,10-11H,8-9H2,(H,23,24,25). The zero-order valence-electron chi connectivity index (χ0n) is 13.5. The van der Waals surface area contributed by atoms with E-state index >= 15 is 0 Å². The largest absolute Gasteiger partial charge is 0.416 e. The van der Waals surface area contributed by atoms with Gasteiger partial charge in [-0.2, -0.15) is 23.3 Å². The van der Waals surface area contributed by atoms with E-state index in [1.807, 2.05) is 29.2 Å². The molecule has 0 amide bonds. The van der Waals surface area contributed by atoms with Crippen molar-refractivity contribution >= 4 is 23.1 Å². The molecule has 1 N–H and O–H groups in total. The molecule has 0 spiro atoms. The Kier molecular flexibility index (Phi) is 3.95. The number of hydrogen-bond acceptors (Lipinski definition) is 5. The van der Waals surface area contributed by atoms with E-state index in [-0.39, 0.29) is 5.69 Å². The maximum absolute atomic E-state index is 12.8. The van der Waals surface area contributed by atoms with Gasteiger partial charge in [-0.05, 0) is 36.2 Å². The van der Waals surface area contributed by atoms with Crippen molar-refractivity contribution in [3.63, 3.8) is 0 Å². The molecule has 2 aromatic carbocycles.